The highest BCUT2D eigenvalue weighted by Crippen LogP contribution is 2.33. The molecule has 1 saturated heterocycles. The normalized spacial score (nSPS) is 20.6. The largest absolute Gasteiger partial charge is 0.353 e. The standard InChI is InChI=1S/C14H24N4O3.ClH/c1-13(2,15)9-16-10(19)8-18-11(20)14(17-12(18)21)6-4-3-5-7-14;/h3-9,15H2,1-2H3,(H,16,19)(H,17,21);1H. The monoisotopic (exact) mass is 332 g/mol. The smallest absolute Gasteiger partial charge is 0.325 e. The second-order valence-corrected chi connectivity index (χ2v) is 6.73. The molecule has 4 amide bonds. The third kappa shape index (κ3) is 4.10. The van der Waals surface area contributed by atoms with E-state index in [-0.39, 0.29) is 30.8 Å². The Balaban J connectivity index is 0.00000242. The molecule has 1 heterocycles. The summed E-state index contributed by atoms with van der Waals surface area (Å²) in [6.45, 7) is 3.62. The third-order valence-electron chi connectivity index (χ3n) is 4.00. The van der Waals surface area contributed by atoms with Crippen molar-refractivity contribution in [3.8, 4) is 0 Å². The van der Waals surface area contributed by atoms with Crippen LogP contribution in [-0.2, 0) is 9.59 Å². The Morgan fingerprint density at radius 2 is 1.91 bits per heavy atom. The van der Waals surface area contributed by atoms with E-state index in [1.807, 2.05) is 0 Å². The molecule has 126 valence electrons. The van der Waals surface area contributed by atoms with Gasteiger partial charge in [0.05, 0.1) is 0 Å². The minimum Gasteiger partial charge on any atom is -0.353 e. The molecular weight excluding hydrogens is 308 g/mol. The van der Waals surface area contributed by atoms with E-state index in [0.717, 1.165) is 24.2 Å². The molecule has 22 heavy (non-hydrogen) atoms. The Bertz CT molecular complexity index is 455. The van der Waals surface area contributed by atoms with Gasteiger partial charge in [0.15, 0.2) is 0 Å². The fraction of sp³-hybridized carbons (Fsp3) is 0.786. The van der Waals surface area contributed by atoms with Gasteiger partial charge in [-0.3, -0.25) is 14.5 Å². The van der Waals surface area contributed by atoms with Gasteiger partial charge in [0, 0.05) is 12.1 Å². The molecule has 7 nitrogen and oxygen atoms in total. The van der Waals surface area contributed by atoms with Gasteiger partial charge in [0.25, 0.3) is 5.91 Å². The average molecular weight is 333 g/mol. The Morgan fingerprint density at radius 3 is 2.45 bits per heavy atom. The van der Waals surface area contributed by atoms with Gasteiger partial charge in [-0.2, -0.15) is 0 Å². The highest BCUT2D eigenvalue weighted by Gasteiger charge is 2.51. The molecule has 2 rings (SSSR count). The zero-order chi connectivity index (χ0) is 15.7. The molecule has 0 unspecified atom stereocenters. The molecule has 2 aliphatic rings. The van der Waals surface area contributed by atoms with E-state index < -0.39 is 17.1 Å². The summed E-state index contributed by atoms with van der Waals surface area (Å²) in [7, 11) is 0. The number of nitrogens with two attached hydrogens (primary N) is 1. The topological polar surface area (TPSA) is 105 Å². The Kier molecular flexibility index (Phi) is 5.81. The highest BCUT2D eigenvalue weighted by molar-refractivity contribution is 6.09. The van der Waals surface area contributed by atoms with Crippen molar-refractivity contribution >= 4 is 30.3 Å². The predicted octanol–water partition coefficient (Wildman–Crippen LogP) is 0.516. The summed E-state index contributed by atoms with van der Waals surface area (Å²) in [5.41, 5.74) is 4.48. The Labute approximate surface area is 136 Å². The molecule has 0 aromatic rings. The lowest BCUT2D eigenvalue weighted by Crippen LogP contribution is -2.50. The van der Waals surface area contributed by atoms with E-state index in [1.165, 1.54) is 0 Å². The lowest BCUT2D eigenvalue weighted by atomic mass is 9.82. The van der Waals surface area contributed by atoms with Gasteiger partial charge in [-0.1, -0.05) is 19.3 Å². The summed E-state index contributed by atoms with van der Waals surface area (Å²) in [5.74, 6) is -0.640. The zero-order valence-corrected chi connectivity index (χ0v) is 13.9. The maximum Gasteiger partial charge on any atom is 0.325 e. The van der Waals surface area contributed by atoms with Crippen molar-refractivity contribution in [3.05, 3.63) is 0 Å². The molecule has 1 saturated carbocycles. The average Bonchev–Trinajstić information content (AvgIpc) is 2.61. The van der Waals surface area contributed by atoms with Crippen molar-refractivity contribution in [2.75, 3.05) is 13.1 Å². The van der Waals surface area contributed by atoms with Gasteiger partial charge in [0.1, 0.15) is 12.1 Å². The number of urea groups is 1. The van der Waals surface area contributed by atoms with Gasteiger partial charge >= 0.3 is 6.03 Å². The molecule has 0 atom stereocenters. The SMILES string of the molecule is CC(C)(N)CNC(=O)CN1C(=O)NC2(CCCCC2)C1=O.Cl. The van der Waals surface area contributed by atoms with Gasteiger partial charge in [0.2, 0.25) is 5.91 Å². The number of imide groups is 1. The minimum atomic E-state index is -0.775. The summed E-state index contributed by atoms with van der Waals surface area (Å²) in [4.78, 5) is 37.3. The van der Waals surface area contributed by atoms with Crippen LogP contribution in [0.25, 0.3) is 0 Å². The van der Waals surface area contributed by atoms with E-state index >= 15 is 0 Å². The van der Waals surface area contributed by atoms with Crippen LogP contribution in [0.1, 0.15) is 46.0 Å². The third-order valence-corrected chi connectivity index (χ3v) is 4.00. The zero-order valence-electron chi connectivity index (χ0n) is 13.1. The summed E-state index contributed by atoms with van der Waals surface area (Å²) in [6, 6.07) is -0.468. The highest BCUT2D eigenvalue weighted by atomic mass is 35.5. The minimum absolute atomic E-state index is 0. The fourth-order valence-electron chi connectivity index (χ4n) is 2.84. The Hall–Kier alpha value is -1.34. The first-order valence-electron chi connectivity index (χ1n) is 7.43. The van der Waals surface area contributed by atoms with Crippen LogP contribution in [0.2, 0.25) is 0 Å². The van der Waals surface area contributed by atoms with Crippen LogP contribution < -0.4 is 16.4 Å². The second-order valence-electron chi connectivity index (χ2n) is 6.73. The van der Waals surface area contributed by atoms with E-state index in [0.29, 0.717) is 19.4 Å². The fourth-order valence-corrected chi connectivity index (χ4v) is 2.84. The number of hydrogen-bond acceptors (Lipinski definition) is 4. The van der Waals surface area contributed by atoms with Crippen LogP contribution in [-0.4, -0.2) is 46.9 Å². The summed E-state index contributed by atoms with van der Waals surface area (Å²) < 4.78 is 0. The maximum absolute atomic E-state index is 12.5. The first-order valence-corrected chi connectivity index (χ1v) is 7.43. The van der Waals surface area contributed by atoms with E-state index in [1.54, 1.807) is 13.8 Å². The van der Waals surface area contributed by atoms with Crippen molar-refractivity contribution in [1.29, 1.82) is 0 Å². The number of hydrogen-bond donors (Lipinski definition) is 3. The first kappa shape index (κ1) is 18.7. The molecule has 4 N–H and O–H groups in total. The van der Waals surface area contributed by atoms with Gasteiger partial charge in [-0.25, -0.2) is 4.79 Å². The first-order chi connectivity index (χ1) is 9.73. The van der Waals surface area contributed by atoms with Gasteiger partial charge in [-0.15, -0.1) is 12.4 Å². The van der Waals surface area contributed by atoms with Crippen molar-refractivity contribution in [1.82, 2.24) is 15.5 Å². The Morgan fingerprint density at radius 1 is 1.32 bits per heavy atom. The van der Waals surface area contributed by atoms with Crippen LogP contribution >= 0.6 is 12.4 Å². The number of rotatable bonds is 4. The van der Waals surface area contributed by atoms with Gasteiger partial charge in [-0.05, 0) is 26.7 Å². The van der Waals surface area contributed by atoms with Crippen molar-refractivity contribution in [3.63, 3.8) is 0 Å². The van der Waals surface area contributed by atoms with E-state index in [4.69, 9.17) is 5.73 Å². The summed E-state index contributed by atoms with van der Waals surface area (Å²) in [6.07, 6.45) is 4.24. The quantitative estimate of drug-likeness (QED) is 0.652. The summed E-state index contributed by atoms with van der Waals surface area (Å²) in [5, 5.41) is 5.42. The molecule has 1 aliphatic carbocycles. The number of nitrogens with zero attached hydrogens (tertiary/aromatic N) is 1. The maximum atomic E-state index is 12.5. The number of amides is 4. The molecule has 0 radical (unpaired) electrons. The van der Waals surface area contributed by atoms with Crippen molar-refractivity contribution in [2.24, 2.45) is 5.73 Å². The summed E-state index contributed by atoms with van der Waals surface area (Å²) >= 11 is 0. The molecule has 0 bridgehead atoms. The van der Waals surface area contributed by atoms with Crippen LogP contribution in [0.4, 0.5) is 4.79 Å². The van der Waals surface area contributed by atoms with Gasteiger partial charge < -0.3 is 16.4 Å². The molecule has 1 aliphatic heterocycles. The van der Waals surface area contributed by atoms with Crippen LogP contribution in [0.5, 0.6) is 0 Å². The number of halogens is 1. The lowest BCUT2D eigenvalue weighted by Gasteiger charge is -2.30. The predicted molar refractivity (Wildman–Crippen MR) is 84.6 cm³/mol. The molecular formula is C14H25ClN4O3. The number of carbonyl (C=O) groups excluding carboxylic acids is 3. The van der Waals surface area contributed by atoms with E-state index in [9.17, 15) is 14.4 Å². The van der Waals surface area contributed by atoms with Crippen LogP contribution in [0, 0.1) is 0 Å². The lowest BCUT2D eigenvalue weighted by molar-refractivity contribution is -0.135. The van der Waals surface area contributed by atoms with Crippen molar-refractivity contribution < 1.29 is 14.4 Å². The molecule has 0 aromatic heterocycles. The van der Waals surface area contributed by atoms with Crippen LogP contribution in [0.15, 0.2) is 0 Å². The van der Waals surface area contributed by atoms with Crippen molar-refractivity contribution in [2.45, 2.75) is 57.0 Å². The van der Waals surface area contributed by atoms with Crippen LogP contribution in [0.3, 0.4) is 0 Å². The number of carbonyl (C=O) groups is 3. The molecule has 8 heteroatoms. The second kappa shape index (κ2) is 6.83. The molecule has 2 fully saturated rings. The van der Waals surface area contributed by atoms with E-state index in [2.05, 4.69) is 10.6 Å². The molecule has 1 spiro atoms. The molecule has 0 aromatic carbocycles. The number of nitrogens with one attached hydrogen (secondary N) is 2.